The molecule has 4 heteroatoms. The van der Waals surface area contributed by atoms with E-state index in [1.54, 1.807) is 29.2 Å². The largest absolute Gasteiger partial charge is 0.388 e. The van der Waals surface area contributed by atoms with Crippen LogP contribution < -0.4 is 0 Å². The molecule has 0 bridgehead atoms. The van der Waals surface area contributed by atoms with Crippen LogP contribution >= 0.6 is 0 Å². The number of rotatable bonds is 2. The average Bonchev–Trinajstić information content (AvgIpc) is 2.46. The Morgan fingerprint density at radius 3 is 3.05 bits per heavy atom. The van der Waals surface area contributed by atoms with Gasteiger partial charge in [-0.3, -0.25) is 4.79 Å². The highest BCUT2D eigenvalue weighted by atomic mass is 16.3. The highest BCUT2D eigenvalue weighted by Gasteiger charge is 2.33. The molecule has 1 N–H and O–H groups in total. The van der Waals surface area contributed by atoms with Crippen LogP contribution in [0.1, 0.15) is 42.1 Å². The number of nitrogens with zero attached hydrogens (tertiary/aromatic N) is 2. The number of benzene rings is 1. The van der Waals surface area contributed by atoms with Crippen molar-refractivity contribution in [2.75, 3.05) is 13.1 Å². The fourth-order valence-corrected chi connectivity index (χ4v) is 2.48. The molecular weight excluding hydrogens is 240 g/mol. The zero-order valence-electron chi connectivity index (χ0n) is 11.1. The van der Waals surface area contributed by atoms with Crippen LogP contribution in [0.5, 0.6) is 0 Å². The summed E-state index contributed by atoms with van der Waals surface area (Å²) in [7, 11) is 0. The third-order valence-electron chi connectivity index (χ3n) is 3.74. The second-order valence-corrected chi connectivity index (χ2v) is 5.10. The quantitative estimate of drug-likeness (QED) is 0.881. The highest BCUT2D eigenvalue weighted by Crippen LogP contribution is 2.25. The van der Waals surface area contributed by atoms with Crippen molar-refractivity contribution >= 4 is 5.91 Å². The maximum absolute atomic E-state index is 12.4. The first-order valence-electron chi connectivity index (χ1n) is 6.60. The molecule has 4 nitrogen and oxygen atoms in total. The minimum atomic E-state index is -0.763. The van der Waals surface area contributed by atoms with E-state index < -0.39 is 5.60 Å². The summed E-state index contributed by atoms with van der Waals surface area (Å²) in [6.07, 6.45) is 2.20. The van der Waals surface area contributed by atoms with Crippen LogP contribution in [-0.2, 0) is 0 Å². The predicted molar refractivity (Wildman–Crippen MR) is 71.5 cm³/mol. The van der Waals surface area contributed by atoms with E-state index in [2.05, 4.69) is 0 Å². The number of hydrogen-bond donors (Lipinski definition) is 1. The molecule has 0 spiro atoms. The van der Waals surface area contributed by atoms with Gasteiger partial charge in [0.15, 0.2) is 0 Å². The Morgan fingerprint density at radius 1 is 1.58 bits per heavy atom. The Bertz CT molecular complexity index is 521. The van der Waals surface area contributed by atoms with Crippen LogP contribution in [0.25, 0.3) is 0 Å². The summed E-state index contributed by atoms with van der Waals surface area (Å²) < 4.78 is 0. The van der Waals surface area contributed by atoms with E-state index in [4.69, 9.17) is 5.26 Å². The van der Waals surface area contributed by atoms with Crippen LogP contribution in [0.15, 0.2) is 24.3 Å². The normalized spacial score (nSPS) is 22.9. The second kappa shape index (κ2) is 5.41. The van der Waals surface area contributed by atoms with E-state index >= 15 is 0 Å². The van der Waals surface area contributed by atoms with E-state index in [9.17, 15) is 9.90 Å². The maximum atomic E-state index is 12.4. The van der Waals surface area contributed by atoms with Crippen molar-refractivity contribution in [3.05, 3.63) is 35.4 Å². The number of likely N-dealkylation sites (tertiary alicyclic amines) is 1. The van der Waals surface area contributed by atoms with Gasteiger partial charge >= 0.3 is 0 Å². The van der Waals surface area contributed by atoms with Gasteiger partial charge in [0.2, 0.25) is 0 Å². The van der Waals surface area contributed by atoms with Gasteiger partial charge in [0, 0.05) is 18.7 Å². The molecule has 0 unspecified atom stereocenters. The Kier molecular flexibility index (Phi) is 3.87. The van der Waals surface area contributed by atoms with Gasteiger partial charge < -0.3 is 10.0 Å². The molecule has 0 radical (unpaired) electrons. The van der Waals surface area contributed by atoms with Gasteiger partial charge in [-0.05, 0) is 37.5 Å². The number of amides is 1. The van der Waals surface area contributed by atoms with Crippen LogP contribution in [-0.4, -0.2) is 34.6 Å². The number of nitriles is 1. The van der Waals surface area contributed by atoms with Crippen molar-refractivity contribution in [1.29, 1.82) is 5.26 Å². The SMILES string of the molecule is CC[C@@]1(O)CCCN(C(=O)c2cccc(C#N)c2)C1. The molecule has 2 rings (SSSR count). The molecule has 0 aliphatic carbocycles. The first kappa shape index (κ1) is 13.6. The van der Waals surface area contributed by atoms with E-state index in [-0.39, 0.29) is 5.91 Å². The molecule has 1 aliphatic rings. The fraction of sp³-hybridized carbons (Fsp3) is 0.467. The van der Waals surface area contributed by atoms with Crippen molar-refractivity contribution in [2.24, 2.45) is 0 Å². The fourth-order valence-electron chi connectivity index (χ4n) is 2.48. The average molecular weight is 258 g/mol. The van der Waals surface area contributed by atoms with Gasteiger partial charge in [0.05, 0.1) is 17.2 Å². The van der Waals surface area contributed by atoms with Gasteiger partial charge in [-0.2, -0.15) is 5.26 Å². The molecular formula is C15H18N2O2. The summed E-state index contributed by atoms with van der Waals surface area (Å²) >= 11 is 0. The number of β-amino-alcohol motifs (C(OH)–C–C–N with tert-alkyl or cyclic N) is 1. The van der Waals surface area contributed by atoms with Gasteiger partial charge in [0.1, 0.15) is 0 Å². The van der Waals surface area contributed by atoms with Gasteiger partial charge in [-0.15, -0.1) is 0 Å². The monoisotopic (exact) mass is 258 g/mol. The van der Waals surface area contributed by atoms with E-state index in [0.717, 1.165) is 12.8 Å². The van der Waals surface area contributed by atoms with E-state index in [0.29, 0.717) is 30.6 Å². The van der Waals surface area contributed by atoms with Crippen LogP contribution in [0.3, 0.4) is 0 Å². The van der Waals surface area contributed by atoms with Crippen molar-refractivity contribution in [1.82, 2.24) is 4.90 Å². The van der Waals surface area contributed by atoms with Crippen molar-refractivity contribution in [3.63, 3.8) is 0 Å². The van der Waals surface area contributed by atoms with Crippen molar-refractivity contribution in [3.8, 4) is 6.07 Å². The lowest BCUT2D eigenvalue weighted by Gasteiger charge is -2.38. The topological polar surface area (TPSA) is 64.3 Å². The molecule has 1 fully saturated rings. The molecule has 100 valence electrons. The molecule has 1 amide bonds. The molecule has 1 aromatic rings. The van der Waals surface area contributed by atoms with Crippen LogP contribution in [0.4, 0.5) is 0 Å². The smallest absolute Gasteiger partial charge is 0.253 e. The first-order valence-corrected chi connectivity index (χ1v) is 6.60. The Balaban J connectivity index is 2.17. The van der Waals surface area contributed by atoms with Gasteiger partial charge in [-0.25, -0.2) is 0 Å². The summed E-state index contributed by atoms with van der Waals surface area (Å²) in [5.41, 5.74) is 0.230. The number of aliphatic hydroxyl groups is 1. The van der Waals surface area contributed by atoms with E-state index in [1.807, 2.05) is 13.0 Å². The van der Waals surface area contributed by atoms with Gasteiger partial charge in [0.25, 0.3) is 5.91 Å². The third kappa shape index (κ3) is 2.94. The number of carbonyl (C=O) groups is 1. The summed E-state index contributed by atoms with van der Waals surface area (Å²) in [5, 5.41) is 19.2. The van der Waals surface area contributed by atoms with Gasteiger partial charge in [-0.1, -0.05) is 13.0 Å². The molecule has 1 aromatic carbocycles. The standard InChI is InChI=1S/C15H18N2O2/c1-2-15(19)7-4-8-17(11-15)14(18)13-6-3-5-12(9-13)10-16/h3,5-6,9,19H,2,4,7-8,11H2,1H3/t15-/m1/s1. The summed E-state index contributed by atoms with van der Waals surface area (Å²) in [5.74, 6) is -0.108. The molecule has 0 saturated carbocycles. The lowest BCUT2D eigenvalue weighted by Crippen LogP contribution is -2.49. The number of piperidine rings is 1. The maximum Gasteiger partial charge on any atom is 0.253 e. The van der Waals surface area contributed by atoms with E-state index in [1.165, 1.54) is 0 Å². The minimum absolute atomic E-state index is 0.108. The Labute approximate surface area is 113 Å². The molecule has 1 heterocycles. The number of carbonyl (C=O) groups excluding carboxylic acids is 1. The second-order valence-electron chi connectivity index (χ2n) is 5.10. The summed E-state index contributed by atoms with van der Waals surface area (Å²) in [4.78, 5) is 14.1. The summed E-state index contributed by atoms with van der Waals surface area (Å²) in [6, 6.07) is 8.73. The molecule has 1 saturated heterocycles. The zero-order valence-corrected chi connectivity index (χ0v) is 11.1. The highest BCUT2D eigenvalue weighted by molar-refractivity contribution is 5.94. The first-order chi connectivity index (χ1) is 9.08. The Morgan fingerprint density at radius 2 is 2.37 bits per heavy atom. The summed E-state index contributed by atoms with van der Waals surface area (Å²) in [6.45, 7) is 2.97. The van der Waals surface area contributed by atoms with Crippen molar-refractivity contribution in [2.45, 2.75) is 31.8 Å². The van der Waals surface area contributed by atoms with Crippen LogP contribution in [0, 0.1) is 11.3 Å². The minimum Gasteiger partial charge on any atom is -0.388 e. The molecule has 0 aromatic heterocycles. The zero-order chi connectivity index (χ0) is 13.9. The van der Waals surface area contributed by atoms with Crippen LogP contribution in [0.2, 0.25) is 0 Å². The Hall–Kier alpha value is -1.86. The third-order valence-corrected chi connectivity index (χ3v) is 3.74. The molecule has 19 heavy (non-hydrogen) atoms. The lowest BCUT2D eigenvalue weighted by molar-refractivity contribution is -0.0270. The predicted octanol–water partition coefficient (Wildman–Crippen LogP) is 1.94. The lowest BCUT2D eigenvalue weighted by atomic mass is 9.90. The van der Waals surface area contributed by atoms with Crippen molar-refractivity contribution < 1.29 is 9.90 Å². The molecule has 1 atom stereocenters. The molecule has 1 aliphatic heterocycles. The number of hydrogen-bond acceptors (Lipinski definition) is 3.